The van der Waals surface area contributed by atoms with Gasteiger partial charge in [0.05, 0.1) is 6.04 Å². The monoisotopic (exact) mass is 299 g/mol. The van der Waals surface area contributed by atoms with Crippen molar-refractivity contribution in [3.8, 4) is 0 Å². The quantitative estimate of drug-likeness (QED) is 0.829. The summed E-state index contributed by atoms with van der Waals surface area (Å²) in [5.74, 6) is 0.152. The van der Waals surface area contributed by atoms with E-state index < -0.39 is 0 Å². The van der Waals surface area contributed by atoms with E-state index in [9.17, 15) is 4.79 Å². The smallest absolute Gasteiger partial charge is 0.132 e. The lowest BCUT2D eigenvalue weighted by Gasteiger charge is -2.15. The zero-order valence-electron chi connectivity index (χ0n) is 11.9. The Kier molecular flexibility index (Phi) is 5.59. The van der Waals surface area contributed by atoms with Gasteiger partial charge in [0.25, 0.3) is 0 Å². The number of hydrogen-bond donors (Lipinski definition) is 1. The van der Waals surface area contributed by atoms with E-state index >= 15 is 0 Å². The van der Waals surface area contributed by atoms with Gasteiger partial charge in [-0.2, -0.15) is 0 Å². The molecule has 0 bridgehead atoms. The van der Waals surface area contributed by atoms with Crippen LogP contribution in [0, 0.1) is 0 Å². The molecule has 0 heterocycles. The van der Waals surface area contributed by atoms with Crippen molar-refractivity contribution in [1.29, 1.82) is 0 Å². The van der Waals surface area contributed by atoms with E-state index in [-0.39, 0.29) is 11.8 Å². The molecule has 0 fully saturated rings. The Balaban J connectivity index is 2.09. The minimum Gasteiger partial charge on any atom is -0.378 e. The van der Waals surface area contributed by atoms with E-state index in [0.29, 0.717) is 11.4 Å². The summed E-state index contributed by atoms with van der Waals surface area (Å²) < 4.78 is 0. The number of ketones is 1. The predicted octanol–water partition coefficient (Wildman–Crippen LogP) is 4.81. The minimum atomic E-state index is -0.0381. The Hall–Kier alpha value is -2.06. The van der Waals surface area contributed by atoms with Crippen molar-refractivity contribution in [3.63, 3.8) is 0 Å². The standard InChI is InChI=1S/C18H18ClNO/c1-14(21)13-18(10-7-15-5-3-2-4-6-15)20-17-11-8-16(19)9-12-17/h2-12,18,20H,13H2,1H3/b10-7+. The molecule has 108 valence electrons. The molecule has 3 heteroatoms. The number of nitrogens with one attached hydrogen (secondary N) is 1. The van der Waals surface area contributed by atoms with Crippen molar-refractivity contribution < 1.29 is 4.79 Å². The van der Waals surface area contributed by atoms with Gasteiger partial charge in [0.2, 0.25) is 0 Å². The van der Waals surface area contributed by atoms with Gasteiger partial charge in [-0.3, -0.25) is 4.79 Å². The van der Waals surface area contributed by atoms with E-state index in [4.69, 9.17) is 11.6 Å². The van der Waals surface area contributed by atoms with Crippen LogP contribution in [0.1, 0.15) is 18.9 Å². The molecule has 0 aliphatic heterocycles. The molecule has 0 spiro atoms. The molecule has 0 saturated carbocycles. The molecule has 2 nitrogen and oxygen atoms in total. The second-order valence-electron chi connectivity index (χ2n) is 4.93. The van der Waals surface area contributed by atoms with Gasteiger partial charge >= 0.3 is 0 Å². The van der Waals surface area contributed by atoms with Gasteiger partial charge in [-0.25, -0.2) is 0 Å². The van der Waals surface area contributed by atoms with Crippen molar-refractivity contribution in [1.82, 2.24) is 0 Å². The largest absolute Gasteiger partial charge is 0.378 e. The van der Waals surface area contributed by atoms with E-state index in [1.807, 2.05) is 66.7 Å². The van der Waals surface area contributed by atoms with Crippen molar-refractivity contribution in [2.45, 2.75) is 19.4 Å². The summed E-state index contributed by atoms with van der Waals surface area (Å²) in [4.78, 5) is 11.4. The molecule has 0 aliphatic rings. The van der Waals surface area contributed by atoms with Crippen molar-refractivity contribution in [2.75, 3.05) is 5.32 Å². The summed E-state index contributed by atoms with van der Waals surface area (Å²) in [6.45, 7) is 1.60. The third-order valence-corrected chi connectivity index (χ3v) is 3.28. The second kappa shape index (κ2) is 7.65. The Morgan fingerprint density at radius 2 is 1.81 bits per heavy atom. The molecule has 2 aromatic carbocycles. The Bertz CT molecular complexity index is 605. The molecule has 0 aliphatic carbocycles. The number of carbonyl (C=O) groups is 1. The molecule has 0 aromatic heterocycles. The highest BCUT2D eigenvalue weighted by atomic mass is 35.5. The Morgan fingerprint density at radius 3 is 2.43 bits per heavy atom. The fraction of sp³-hybridized carbons (Fsp3) is 0.167. The lowest BCUT2D eigenvalue weighted by atomic mass is 10.1. The Morgan fingerprint density at radius 1 is 1.14 bits per heavy atom. The number of halogens is 1. The van der Waals surface area contributed by atoms with Crippen LogP contribution in [0.4, 0.5) is 5.69 Å². The van der Waals surface area contributed by atoms with Crippen LogP contribution >= 0.6 is 11.6 Å². The normalized spacial score (nSPS) is 12.3. The number of carbonyl (C=O) groups excluding carboxylic acids is 1. The molecule has 2 aromatic rings. The second-order valence-corrected chi connectivity index (χ2v) is 5.37. The lowest BCUT2D eigenvalue weighted by molar-refractivity contribution is -0.117. The predicted molar refractivity (Wildman–Crippen MR) is 89.6 cm³/mol. The van der Waals surface area contributed by atoms with E-state index in [1.165, 1.54) is 0 Å². The lowest BCUT2D eigenvalue weighted by Crippen LogP contribution is -2.19. The highest BCUT2D eigenvalue weighted by molar-refractivity contribution is 6.30. The SMILES string of the molecule is CC(=O)CC(/C=C/c1ccccc1)Nc1ccc(Cl)cc1. The van der Waals surface area contributed by atoms with Crippen LogP contribution in [-0.4, -0.2) is 11.8 Å². The fourth-order valence-corrected chi connectivity index (χ4v) is 2.15. The summed E-state index contributed by atoms with van der Waals surface area (Å²) in [5.41, 5.74) is 2.06. The van der Waals surface area contributed by atoms with Gasteiger partial charge in [0, 0.05) is 17.1 Å². The van der Waals surface area contributed by atoms with Crippen LogP contribution in [0.15, 0.2) is 60.7 Å². The molecule has 0 amide bonds. The van der Waals surface area contributed by atoms with Crippen molar-refractivity contribution in [3.05, 3.63) is 71.3 Å². The van der Waals surface area contributed by atoms with Crippen LogP contribution in [0.5, 0.6) is 0 Å². The van der Waals surface area contributed by atoms with E-state index in [1.54, 1.807) is 6.92 Å². The zero-order valence-corrected chi connectivity index (χ0v) is 12.7. The Labute approximate surface area is 130 Å². The maximum absolute atomic E-state index is 11.4. The molecule has 1 unspecified atom stereocenters. The maximum Gasteiger partial charge on any atom is 0.132 e. The first-order valence-electron chi connectivity index (χ1n) is 6.88. The molecular weight excluding hydrogens is 282 g/mol. The first-order valence-corrected chi connectivity index (χ1v) is 7.26. The summed E-state index contributed by atoms with van der Waals surface area (Å²) in [6, 6.07) is 17.5. The number of benzene rings is 2. The topological polar surface area (TPSA) is 29.1 Å². The zero-order chi connectivity index (χ0) is 15.1. The van der Waals surface area contributed by atoms with Gasteiger partial charge in [0.15, 0.2) is 0 Å². The van der Waals surface area contributed by atoms with Gasteiger partial charge in [-0.15, -0.1) is 0 Å². The fourth-order valence-electron chi connectivity index (χ4n) is 2.03. The molecule has 1 N–H and O–H groups in total. The summed E-state index contributed by atoms with van der Waals surface area (Å²) >= 11 is 5.88. The van der Waals surface area contributed by atoms with Crippen LogP contribution in [-0.2, 0) is 4.79 Å². The average molecular weight is 300 g/mol. The highest BCUT2D eigenvalue weighted by Gasteiger charge is 2.07. The number of hydrogen-bond acceptors (Lipinski definition) is 2. The summed E-state index contributed by atoms with van der Waals surface area (Å²) in [6.07, 6.45) is 4.49. The first kappa shape index (κ1) is 15.3. The number of rotatable bonds is 6. The van der Waals surface area contributed by atoms with Crippen LogP contribution < -0.4 is 5.32 Å². The van der Waals surface area contributed by atoms with Gasteiger partial charge < -0.3 is 5.32 Å². The van der Waals surface area contributed by atoms with Crippen LogP contribution in [0.3, 0.4) is 0 Å². The van der Waals surface area contributed by atoms with Crippen LogP contribution in [0.2, 0.25) is 5.02 Å². The third kappa shape index (κ3) is 5.44. The van der Waals surface area contributed by atoms with E-state index in [0.717, 1.165) is 11.3 Å². The highest BCUT2D eigenvalue weighted by Crippen LogP contribution is 2.16. The number of anilines is 1. The molecule has 1 atom stereocenters. The maximum atomic E-state index is 11.4. The molecule has 0 radical (unpaired) electrons. The number of Topliss-reactive ketones (excluding diaryl/α,β-unsaturated/α-hetero) is 1. The van der Waals surface area contributed by atoms with Crippen molar-refractivity contribution >= 4 is 29.1 Å². The summed E-state index contributed by atoms with van der Waals surface area (Å²) in [7, 11) is 0. The molecular formula is C18H18ClNO. The molecule has 21 heavy (non-hydrogen) atoms. The van der Waals surface area contributed by atoms with Crippen molar-refractivity contribution in [2.24, 2.45) is 0 Å². The molecule has 0 saturated heterocycles. The van der Waals surface area contributed by atoms with Crippen LogP contribution in [0.25, 0.3) is 6.08 Å². The third-order valence-electron chi connectivity index (χ3n) is 3.02. The van der Waals surface area contributed by atoms with Gasteiger partial charge in [0.1, 0.15) is 5.78 Å². The molecule has 2 rings (SSSR count). The summed E-state index contributed by atoms with van der Waals surface area (Å²) in [5, 5.41) is 4.04. The van der Waals surface area contributed by atoms with Gasteiger partial charge in [-0.1, -0.05) is 54.1 Å². The minimum absolute atomic E-state index is 0.0381. The first-order chi connectivity index (χ1) is 10.1. The average Bonchev–Trinajstić information content (AvgIpc) is 2.48. The van der Waals surface area contributed by atoms with Gasteiger partial charge in [-0.05, 0) is 36.8 Å². The van der Waals surface area contributed by atoms with E-state index in [2.05, 4.69) is 5.32 Å².